The molecule has 0 saturated carbocycles. The zero-order valence-electron chi connectivity index (χ0n) is 29.9. The third kappa shape index (κ3) is 5.19. The number of aromatic nitrogens is 3. The Morgan fingerprint density at radius 3 is 2.86 bits per heavy atom. The maximum Gasteiger partial charge on any atom is 0.319 e. The largest absolute Gasteiger partial charge is 0.508 e. The number of aromatic hydroxyl groups is 1. The van der Waals surface area contributed by atoms with E-state index in [0.29, 0.717) is 31.3 Å². The predicted molar refractivity (Wildman–Crippen MR) is 178 cm³/mol. The van der Waals surface area contributed by atoms with Gasteiger partial charge in [0.2, 0.25) is 5.88 Å². The van der Waals surface area contributed by atoms with E-state index >= 15 is 8.78 Å². The number of terminal acetylenes is 1. The first-order chi connectivity index (χ1) is 24.8. The number of phenols is 1. The van der Waals surface area contributed by atoms with Gasteiger partial charge in [-0.25, -0.2) is 18.2 Å². The molecule has 4 atom stereocenters. The van der Waals surface area contributed by atoms with E-state index in [-0.39, 0.29) is 82.4 Å². The number of rotatable bonds is 8. The molecule has 13 heteroatoms. The molecule has 4 aromatic rings. The fourth-order valence-corrected chi connectivity index (χ4v) is 8.57. The summed E-state index contributed by atoms with van der Waals surface area (Å²) >= 11 is 0. The van der Waals surface area contributed by atoms with Crippen LogP contribution in [-0.4, -0.2) is 102 Å². The minimum absolute atomic E-state index is 0.0178. The third-order valence-electron chi connectivity index (χ3n) is 10.7. The number of hydrogen-bond donors (Lipinski definition) is 2. The van der Waals surface area contributed by atoms with Crippen LogP contribution in [0.2, 0.25) is 0 Å². The second-order valence-corrected chi connectivity index (χ2v) is 13.7. The van der Waals surface area contributed by atoms with Gasteiger partial charge in [0.1, 0.15) is 46.8 Å². The summed E-state index contributed by atoms with van der Waals surface area (Å²) in [7, 11) is -1.24. The molecule has 2 aromatic carbocycles. The predicted octanol–water partition coefficient (Wildman–Crippen LogP) is 4.73. The van der Waals surface area contributed by atoms with Crippen LogP contribution in [0, 0.1) is 24.0 Å². The first-order valence-electron chi connectivity index (χ1n) is 17.9. The number of piperazine rings is 1. The van der Waals surface area contributed by atoms with Crippen LogP contribution in [0.1, 0.15) is 41.8 Å². The molecule has 49 heavy (non-hydrogen) atoms. The summed E-state index contributed by atoms with van der Waals surface area (Å²) in [5.41, 5.74) is -1.92. The smallest absolute Gasteiger partial charge is 0.319 e. The number of nitrogens with zero attached hydrogens (tertiary/aromatic N) is 5. The first-order valence-corrected chi connectivity index (χ1v) is 16.4. The molecule has 2 bridgehead atoms. The Kier molecular flexibility index (Phi) is 6.91. The number of fused-ring (bicyclic) bond motifs is 5. The normalized spacial score (nSPS) is 27.6. The molecule has 0 amide bonds. The lowest BCUT2D eigenvalue weighted by molar-refractivity contribution is 0.107. The number of methoxy groups -OCH3 is 2. The molecule has 0 spiro atoms. The summed E-state index contributed by atoms with van der Waals surface area (Å²) < 4.78 is 87.1. The van der Waals surface area contributed by atoms with Crippen molar-refractivity contribution in [1.29, 1.82) is 0 Å². The number of benzene rings is 2. The highest BCUT2D eigenvalue weighted by Crippen LogP contribution is 2.44. The van der Waals surface area contributed by atoms with Crippen LogP contribution in [0.15, 0.2) is 24.3 Å². The Morgan fingerprint density at radius 1 is 1.16 bits per heavy atom. The highest BCUT2D eigenvalue weighted by molar-refractivity contribution is 6.04. The molecule has 2 aromatic heterocycles. The molecule has 256 valence electrons. The maximum atomic E-state index is 17.2. The van der Waals surface area contributed by atoms with E-state index in [0.717, 1.165) is 25.8 Å². The maximum absolute atomic E-state index is 17.2. The number of phenolic OH excluding ortho intramolecular Hbond substituents is 1. The third-order valence-corrected chi connectivity index (χ3v) is 10.7. The molecular weight excluding hydrogens is 637 g/mol. The summed E-state index contributed by atoms with van der Waals surface area (Å²) in [5, 5.41) is 14.8. The standard InChI is InChI=1S/C36H37F3N6O4/c1-4-24-26(38)7-6-20-12-23(46)13-25(27(20)24)30-29(39)31-28(33(40-30)48-3)32(44-16-22-8-10-35(17-44,43-22)18-47-2)42-34(41-31)49-19-36-9-5-11-45(36)15-21(37)14-36/h1,6-7,12-13,21-22,43,46H,5,8-11,14-19H2,2-3H3/t21-,22-,35+,36+/m1/s1/i2D3. The van der Waals surface area contributed by atoms with Gasteiger partial charge in [-0.1, -0.05) is 12.0 Å². The Bertz CT molecular complexity index is 2140. The van der Waals surface area contributed by atoms with Crippen molar-refractivity contribution in [2.75, 3.05) is 58.4 Å². The highest BCUT2D eigenvalue weighted by atomic mass is 19.1. The molecule has 4 fully saturated rings. The van der Waals surface area contributed by atoms with Gasteiger partial charge in [0.15, 0.2) is 5.82 Å². The van der Waals surface area contributed by atoms with Gasteiger partial charge in [0.25, 0.3) is 0 Å². The van der Waals surface area contributed by atoms with Crippen molar-refractivity contribution in [3.63, 3.8) is 0 Å². The molecule has 10 nitrogen and oxygen atoms in total. The van der Waals surface area contributed by atoms with E-state index in [1.165, 1.54) is 31.4 Å². The lowest BCUT2D eigenvalue weighted by Crippen LogP contribution is -2.61. The van der Waals surface area contributed by atoms with Crippen molar-refractivity contribution < 1.29 is 36.6 Å². The Morgan fingerprint density at radius 2 is 2.04 bits per heavy atom. The molecule has 0 aliphatic carbocycles. The van der Waals surface area contributed by atoms with Crippen LogP contribution in [0.3, 0.4) is 0 Å². The second kappa shape index (κ2) is 11.9. The van der Waals surface area contributed by atoms with Gasteiger partial charge in [-0.2, -0.15) is 9.97 Å². The molecule has 8 rings (SSSR count). The van der Waals surface area contributed by atoms with Crippen LogP contribution in [0.4, 0.5) is 19.0 Å². The average Bonchev–Trinajstić information content (AvgIpc) is 3.74. The zero-order valence-corrected chi connectivity index (χ0v) is 26.9. The van der Waals surface area contributed by atoms with Crippen LogP contribution >= 0.6 is 0 Å². The Labute approximate surface area is 285 Å². The van der Waals surface area contributed by atoms with E-state index in [2.05, 4.69) is 26.1 Å². The van der Waals surface area contributed by atoms with Gasteiger partial charge in [-0.15, -0.1) is 6.42 Å². The molecule has 4 aliphatic rings. The van der Waals surface area contributed by atoms with Crippen molar-refractivity contribution in [2.24, 2.45) is 0 Å². The fourth-order valence-electron chi connectivity index (χ4n) is 8.57. The van der Waals surface area contributed by atoms with Gasteiger partial charge >= 0.3 is 6.01 Å². The summed E-state index contributed by atoms with van der Waals surface area (Å²) in [6.07, 6.45) is 8.01. The van der Waals surface area contributed by atoms with Crippen molar-refractivity contribution in [2.45, 2.75) is 55.4 Å². The van der Waals surface area contributed by atoms with Crippen molar-refractivity contribution >= 4 is 27.5 Å². The lowest BCUT2D eigenvalue weighted by Gasteiger charge is -2.42. The topological polar surface area (TPSA) is 105 Å². The Hall–Kier alpha value is -4.38. The second-order valence-electron chi connectivity index (χ2n) is 13.7. The zero-order chi connectivity index (χ0) is 36.6. The number of anilines is 1. The van der Waals surface area contributed by atoms with Gasteiger partial charge in [-0.05, 0) is 55.8 Å². The van der Waals surface area contributed by atoms with E-state index in [1.807, 2.05) is 4.90 Å². The SMILES string of the molecule is [2H]C([2H])([2H])OC[C@]12CC[C@H](CN(c3nc(OC[C@@]45CCCN4C[C@H](F)C5)nc4c(F)c(-c5cc(O)cc6ccc(F)c(C#C)c56)nc(OC)c34)C1)N2. The van der Waals surface area contributed by atoms with E-state index < -0.39 is 35.9 Å². The number of ether oxygens (including phenoxy) is 3. The van der Waals surface area contributed by atoms with Gasteiger partial charge in [-0.3, -0.25) is 4.90 Å². The molecule has 6 heterocycles. The first kappa shape index (κ1) is 28.5. The number of pyridine rings is 1. The van der Waals surface area contributed by atoms with Crippen molar-refractivity contribution in [3.05, 3.63) is 41.5 Å². The quantitative estimate of drug-likeness (QED) is 0.255. The van der Waals surface area contributed by atoms with E-state index in [9.17, 15) is 9.50 Å². The van der Waals surface area contributed by atoms with Crippen molar-refractivity contribution in [1.82, 2.24) is 25.2 Å². The molecular formula is C36H37F3N6O4. The van der Waals surface area contributed by atoms with Crippen LogP contribution in [-0.2, 0) is 4.74 Å². The number of hydrogen-bond acceptors (Lipinski definition) is 10. The van der Waals surface area contributed by atoms with Crippen molar-refractivity contribution in [3.8, 4) is 41.2 Å². The van der Waals surface area contributed by atoms with E-state index in [1.54, 1.807) is 0 Å². The lowest BCUT2D eigenvalue weighted by atomic mass is 9.95. The number of nitrogens with one attached hydrogen (secondary N) is 1. The number of alkyl halides is 1. The highest BCUT2D eigenvalue weighted by Gasteiger charge is 2.50. The fraction of sp³-hybridized carbons (Fsp3) is 0.472. The minimum Gasteiger partial charge on any atom is -0.508 e. The minimum atomic E-state index is -2.60. The van der Waals surface area contributed by atoms with E-state index in [4.69, 9.17) is 29.7 Å². The molecule has 4 saturated heterocycles. The summed E-state index contributed by atoms with van der Waals surface area (Å²) in [6.45, 7) is 1.72. The van der Waals surface area contributed by atoms with Gasteiger partial charge < -0.3 is 29.5 Å². The molecule has 2 N–H and O–H groups in total. The Balaban J connectivity index is 1.30. The summed E-state index contributed by atoms with van der Waals surface area (Å²) in [5.74, 6) is 0.673. The van der Waals surface area contributed by atoms with Crippen LogP contribution in [0.25, 0.3) is 32.9 Å². The molecule has 0 radical (unpaired) electrons. The summed E-state index contributed by atoms with van der Waals surface area (Å²) in [6, 6.07) is 5.03. The van der Waals surface area contributed by atoms with Crippen LogP contribution < -0.4 is 19.7 Å². The van der Waals surface area contributed by atoms with Crippen LogP contribution in [0.5, 0.6) is 17.6 Å². The van der Waals surface area contributed by atoms with Gasteiger partial charge in [0.05, 0.1) is 34.5 Å². The monoisotopic (exact) mass is 677 g/mol. The van der Waals surface area contributed by atoms with Gasteiger partial charge in [0, 0.05) is 50.1 Å². The summed E-state index contributed by atoms with van der Waals surface area (Å²) in [4.78, 5) is 17.9. The average molecular weight is 678 g/mol. The number of halogens is 3. The molecule has 4 aliphatic heterocycles. The molecule has 0 unspecified atom stereocenters.